The van der Waals surface area contributed by atoms with Gasteiger partial charge >= 0.3 is 5.17 Å². The molecule has 0 bridgehead atoms. The van der Waals surface area contributed by atoms with Gasteiger partial charge in [0, 0.05) is 17.2 Å². The highest BCUT2D eigenvalue weighted by molar-refractivity contribution is 8.16. The van der Waals surface area contributed by atoms with Crippen LogP contribution in [0, 0.1) is 5.41 Å². The van der Waals surface area contributed by atoms with Crippen molar-refractivity contribution in [1.29, 1.82) is 0 Å². The lowest BCUT2D eigenvalue weighted by Gasteiger charge is -2.18. The van der Waals surface area contributed by atoms with E-state index in [2.05, 4.69) is 41.9 Å². The minimum Gasteiger partial charge on any atom is -0.204 e. The molecule has 0 aliphatic carbocycles. The van der Waals surface area contributed by atoms with Gasteiger partial charge in [0.05, 0.1) is 5.57 Å². The average Bonchev–Trinajstić information content (AvgIpc) is 2.47. The van der Waals surface area contributed by atoms with Crippen LogP contribution in [-0.4, -0.2) is 16.3 Å². The van der Waals surface area contributed by atoms with E-state index in [1.54, 1.807) is 11.8 Å². The SMILES string of the molecule is CC(C)(C)C1=CN2C=CSC2=[N+]=C1. The molecule has 0 saturated carbocycles. The molecule has 68 valence electrons. The van der Waals surface area contributed by atoms with Crippen molar-refractivity contribution >= 4 is 23.1 Å². The van der Waals surface area contributed by atoms with Gasteiger partial charge in [-0.25, -0.2) is 4.67 Å². The third-order valence-electron chi connectivity index (χ3n) is 2.07. The van der Waals surface area contributed by atoms with Crippen molar-refractivity contribution in [3.8, 4) is 0 Å². The van der Waals surface area contributed by atoms with Crippen LogP contribution in [0.2, 0.25) is 0 Å². The molecule has 0 saturated heterocycles. The van der Waals surface area contributed by atoms with E-state index in [1.165, 1.54) is 5.57 Å². The van der Waals surface area contributed by atoms with Crippen LogP contribution in [0.3, 0.4) is 0 Å². The third kappa shape index (κ3) is 1.58. The predicted octanol–water partition coefficient (Wildman–Crippen LogP) is 1.94. The van der Waals surface area contributed by atoms with Crippen LogP contribution < -0.4 is 4.67 Å². The first-order chi connectivity index (χ1) is 6.07. The molecular weight excluding hydrogens is 180 g/mol. The number of hydrogen-bond acceptors (Lipinski definition) is 2. The maximum Gasteiger partial charge on any atom is 0.419 e. The van der Waals surface area contributed by atoms with E-state index in [9.17, 15) is 0 Å². The van der Waals surface area contributed by atoms with Gasteiger partial charge in [-0.1, -0.05) is 20.8 Å². The summed E-state index contributed by atoms with van der Waals surface area (Å²) in [6.45, 7) is 6.59. The van der Waals surface area contributed by atoms with E-state index in [0.29, 0.717) is 0 Å². The molecule has 0 radical (unpaired) electrons. The Bertz CT molecular complexity index is 352. The quantitative estimate of drug-likeness (QED) is 0.547. The number of rotatable bonds is 0. The first-order valence-electron chi connectivity index (χ1n) is 4.32. The van der Waals surface area contributed by atoms with Crippen molar-refractivity contribution in [3.63, 3.8) is 0 Å². The van der Waals surface area contributed by atoms with Crippen molar-refractivity contribution in [2.24, 2.45) is 5.41 Å². The largest absolute Gasteiger partial charge is 0.419 e. The topological polar surface area (TPSA) is 17.3 Å². The molecular formula is C10H13N2S+. The lowest BCUT2D eigenvalue weighted by molar-refractivity contribution is 0.515. The fourth-order valence-electron chi connectivity index (χ4n) is 1.17. The summed E-state index contributed by atoms with van der Waals surface area (Å²) in [4.78, 5) is 2.07. The van der Waals surface area contributed by atoms with Gasteiger partial charge in [0.2, 0.25) is 0 Å². The summed E-state index contributed by atoms with van der Waals surface area (Å²) in [5.74, 6) is 0. The molecule has 0 fully saturated rings. The molecule has 0 unspecified atom stereocenters. The first kappa shape index (κ1) is 8.67. The molecule has 3 heteroatoms. The van der Waals surface area contributed by atoms with Crippen molar-refractivity contribution in [1.82, 2.24) is 9.57 Å². The molecule has 13 heavy (non-hydrogen) atoms. The summed E-state index contributed by atoms with van der Waals surface area (Å²) in [5.41, 5.74) is 1.44. The minimum absolute atomic E-state index is 0.177. The van der Waals surface area contributed by atoms with Crippen LogP contribution in [0.15, 0.2) is 23.4 Å². The zero-order chi connectivity index (χ0) is 9.47. The fourth-order valence-corrected chi connectivity index (χ4v) is 1.83. The van der Waals surface area contributed by atoms with Crippen molar-refractivity contribution in [2.45, 2.75) is 20.8 Å². The zero-order valence-corrected chi connectivity index (χ0v) is 8.93. The van der Waals surface area contributed by atoms with Gasteiger partial charge in [-0.3, -0.25) is 0 Å². The lowest BCUT2D eigenvalue weighted by Crippen LogP contribution is -2.24. The third-order valence-corrected chi connectivity index (χ3v) is 2.86. The summed E-state index contributed by atoms with van der Waals surface area (Å²) in [7, 11) is 0. The Hall–Kier alpha value is -0.920. The number of amidine groups is 1. The Kier molecular flexibility index (Phi) is 1.86. The van der Waals surface area contributed by atoms with Gasteiger partial charge in [-0.2, -0.15) is 4.90 Å². The summed E-state index contributed by atoms with van der Waals surface area (Å²) < 4.78 is 4.39. The van der Waals surface area contributed by atoms with Crippen LogP contribution in [0.25, 0.3) is 0 Å². The normalized spacial score (nSPS) is 20.1. The molecule has 2 aliphatic rings. The highest BCUT2D eigenvalue weighted by atomic mass is 32.2. The second-order valence-electron chi connectivity index (χ2n) is 4.19. The Morgan fingerprint density at radius 2 is 2.15 bits per heavy atom. The molecule has 0 aromatic rings. The molecule has 2 aliphatic heterocycles. The number of fused-ring (bicyclic) bond motifs is 1. The van der Waals surface area contributed by atoms with Gasteiger partial charge in [0.15, 0.2) is 6.21 Å². The highest BCUT2D eigenvalue weighted by Crippen LogP contribution is 2.27. The Morgan fingerprint density at radius 1 is 1.38 bits per heavy atom. The standard InChI is InChI=1S/C10H13N2S/c1-10(2,3)8-6-11-9-12(7-8)4-5-13-9/h4-7H,1-3H3/q+1. The number of hydrogen-bond donors (Lipinski definition) is 0. The average molecular weight is 193 g/mol. The summed E-state index contributed by atoms with van der Waals surface area (Å²) in [6, 6.07) is 0. The molecule has 2 nitrogen and oxygen atoms in total. The lowest BCUT2D eigenvalue weighted by atomic mass is 9.87. The molecule has 0 spiro atoms. The van der Waals surface area contributed by atoms with E-state index < -0.39 is 0 Å². The molecule has 2 rings (SSSR count). The molecule has 0 aromatic carbocycles. The summed E-state index contributed by atoms with van der Waals surface area (Å²) in [5, 5.41) is 3.10. The van der Waals surface area contributed by atoms with Crippen LogP contribution in [0.4, 0.5) is 0 Å². The first-order valence-corrected chi connectivity index (χ1v) is 5.20. The van der Waals surface area contributed by atoms with Crippen LogP contribution in [0.1, 0.15) is 20.8 Å². The number of thioether (sulfide) groups is 1. The highest BCUT2D eigenvalue weighted by Gasteiger charge is 2.29. The molecule has 0 atom stereocenters. The van der Waals surface area contributed by atoms with E-state index in [-0.39, 0.29) is 5.41 Å². The maximum absolute atomic E-state index is 4.39. The second kappa shape index (κ2) is 2.79. The van der Waals surface area contributed by atoms with Gasteiger partial charge in [-0.05, 0) is 5.41 Å². The fraction of sp³-hybridized carbons (Fsp3) is 0.400. The summed E-state index contributed by atoms with van der Waals surface area (Å²) >= 11 is 1.66. The molecule has 2 heterocycles. The van der Waals surface area contributed by atoms with Crippen molar-refractivity contribution in [2.75, 3.05) is 0 Å². The van der Waals surface area contributed by atoms with Gasteiger partial charge in [0.1, 0.15) is 12.4 Å². The van der Waals surface area contributed by atoms with E-state index >= 15 is 0 Å². The smallest absolute Gasteiger partial charge is 0.204 e. The molecule has 0 aromatic heterocycles. The van der Waals surface area contributed by atoms with Gasteiger partial charge < -0.3 is 0 Å². The number of allylic oxidation sites excluding steroid dienone is 1. The monoisotopic (exact) mass is 193 g/mol. The van der Waals surface area contributed by atoms with E-state index in [4.69, 9.17) is 0 Å². The van der Waals surface area contributed by atoms with Gasteiger partial charge in [-0.15, -0.1) is 0 Å². The Morgan fingerprint density at radius 3 is 2.85 bits per heavy atom. The van der Waals surface area contributed by atoms with Crippen LogP contribution >= 0.6 is 11.8 Å². The summed E-state index contributed by atoms with van der Waals surface area (Å²) in [6.07, 6.45) is 6.16. The van der Waals surface area contributed by atoms with E-state index in [0.717, 1.165) is 5.17 Å². The van der Waals surface area contributed by atoms with E-state index in [1.807, 2.05) is 12.4 Å². The number of nitrogens with zero attached hydrogens (tertiary/aromatic N) is 2. The minimum atomic E-state index is 0.177. The van der Waals surface area contributed by atoms with Crippen molar-refractivity contribution in [3.05, 3.63) is 23.4 Å². The Balaban J connectivity index is 2.37. The van der Waals surface area contributed by atoms with Crippen molar-refractivity contribution < 1.29 is 0 Å². The maximum atomic E-state index is 4.39. The molecule has 0 amide bonds. The van der Waals surface area contributed by atoms with Gasteiger partial charge in [0.25, 0.3) is 0 Å². The zero-order valence-electron chi connectivity index (χ0n) is 8.11. The predicted molar refractivity (Wildman–Crippen MR) is 59.3 cm³/mol. The second-order valence-corrected chi connectivity index (χ2v) is 5.06. The van der Waals surface area contributed by atoms with Crippen LogP contribution in [-0.2, 0) is 0 Å². The molecule has 0 N–H and O–H groups in total. The van der Waals surface area contributed by atoms with Crippen LogP contribution in [0.5, 0.6) is 0 Å². The Labute approximate surface area is 82.8 Å².